The van der Waals surface area contributed by atoms with Crippen LogP contribution in [0.1, 0.15) is 39.2 Å². The van der Waals surface area contributed by atoms with Crippen LogP contribution >= 0.6 is 0 Å². The predicted octanol–water partition coefficient (Wildman–Crippen LogP) is 2.32. The Hall–Kier alpha value is -1.56. The second-order valence-corrected chi connectivity index (χ2v) is 7.38. The van der Waals surface area contributed by atoms with E-state index < -0.39 is 0 Å². The van der Waals surface area contributed by atoms with E-state index in [-0.39, 0.29) is 6.03 Å². The molecule has 1 fully saturated rings. The maximum absolute atomic E-state index is 12.5. The Morgan fingerprint density at radius 1 is 1.38 bits per heavy atom. The van der Waals surface area contributed by atoms with Crippen LogP contribution in [0.15, 0.2) is 12.4 Å². The number of hydrogen-bond donors (Lipinski definition) is 1. The van der Waals surface area contributed by atoms with Crippen molar-refractivity contribution in [3.05, 3.63) is 18.0 Å². The Kier molecular flexibility index (Phi) is 7.09. The first kappa shape index (κ1) is 18.8. The maximum atomic E-state index is 12.5. The van der Waals surface area contributed by atoms with E-state index in [4.69, 9.17) is 0 Å². The lowest BCUT2D eigenvalue weighted by molar-refractivity contribution is 0.140. The van der Waals surface area contributed by atoms with E-state index in [0.29, 0.717) is 13.1 Å². The third kappa shape index (κ3) is 5.82. The number of piperidine rings is 1. The fourth-order valence-electron chi connectivity index (χ4n) is 3.70. The molecule has 0 spiro atoms. The highest BCUT2D eigenvalue weighted by atomic mass is 16.2. The van der Waals surface area contributed by atoms with Gasteiger partial charge in [0, 0.05) is 51.5 Å². The van der Waals surface area contributed by atoms with E-state index >= 15 is 0 Å². The van der Waals surface area contributed by atoms with Crippen molar-refractivity contribution in [1.29, 1.82) is 0 Å². The van der Waals surface area contributed by atoms with Gasteiger partial charge < -0.3 is 15.1 Å². The highest BCUT2D eigenvalue weighted by molar-refractivity contribution is 5.74. The van der Waals surface area contributed by atoms with Crippen molar-refractivity contribution in [2.24, 2.45) is 18.9 Å². The summed E-state index contributed by atoms with van der Waals surface area (Å²) in [7, 11) is 1.90. The van der Waals surface area contributed by atoms with Gasteiger partial charge in [0.25, 0.3) is 0 Å². The molecular weight excluding hydrogens is 302 g/mol. The number of rotatable bonds is 7. The molecule has 2 heterocycles. The first-order valence-electron chi connectivity index (χ1n) is 9.20. The molecule has 6 heteroatoms. The Bertz CT molecular complexity index is 505. The Balaban J connectivity index is 1.77. The van der Waals surface area contributed by atoms with Crippen LogP contribution in [0.2, 0.25) is 0 Å². The van der Waals surface area contributed by atoms with E-state index in [9.17, 15) is 4.79 Å². The summed E-state index contributed by atoms with van der Waals surface area (Å²) >= 11 is 0. The average Bonchev–Trinajstić information content (AvgIpc) is 2.91. The number of hydrogen-bond acceptors (Lipinski definition) is 3. The van der Waals surface area contributed by atoms with E-state index in [2.05, 4.69) is 36.1 Å². The monoisotopic (exact) mass is 335 g/mol. The Morgan fingerprint density at radius 2 is 2.08 bits per heavy atom. The molecule has 1 aromatic rings. The molecule has 2 atom stereocenters. The number of carbonyl (C=O) groups is 1. The van der Waals surface area contributed by atoms with Crippen molar-refractivity contribution in [3.63, 3.8) is 0 Å². The number of urea groups is 1. The molecule has 6 nitrogen and oxygen atoms in total. The second kappa shape index (κ2) is 9.06. The molecule has 1 N–H and O–H groups in total. The summed E-state index contributed by atoms with van der Waals surface area (Å²) in [6.07, 6.45) is 6.06. The molecule has 1 aliphatic rings. The van der Waals surface area contributed by atoms with Crippen molar-refractivity contribution >= 4 is 6.03 Å². The van der Waals surface area contributed by atoms with Gasteiger partial charge in [-0.05, 0) is 24.7 Å². The van der Waals surface area contributed by atoms with Gasteiger partial charge in [-0.25, -0.2) is 4.79 Å². The first-order valence-corrected chi connectivity index (χ1v) is 9.20. The van der Waals surface area contributed by atoms with Gasteiger partial charge in [-0.2, -0.15) is 5.10 Å². The summed E-state index contributed by atoms with van der Waals surface area (Å²) < 4.78 is 1.77. The maximum Gasteiger partial charge on any atom is 0.317 e. The van der Waals surface area contributed by atoms with Crippen LogP contribution < -0.4 is 5.32 Å². The SMILES string of the molecule is CCCN(Cc1cnn(C)c1)C(=O)NCCN1C[C@@H](C)C[C@H](C)C1. The van der Waals surface area contributed by atoms with Gasteiger partial charge in [0.2, 0.25) is 0 Å². The summed E-state index contributed by atoms with van der Waals surface area (Å²) in [5, 5.41) is 7.27. The van der Waals surface area contributed by atoms with Crippen molar-refractivity contribution < 1.29 is 4.79 Å². The molecule has 2 amide bonds. The number of aryl methyl sites for hydroxylation is 1. The average molecular weight is 335 g/mol. The van der Waals surface area contributed by atoms with E-state index in [1.807, 2.05) is 24.3 Å². The van der Waals surface area contributed by atoms with Crippen LogP contribution in [-0.2, 0) is 13.6 Å². The lowest BCUT2D eigenvalue weighted by Crippen LogP contribution is -2.45. The molecule has 0 aromatic carbocycles. The molecule has 0 unspecified atom stereocenters. The summed E-state index contributed by atoms with van der Waals surface area (Å²) in [6, 6.07) is 0.0267. The highest BCUT2D eigenvalue weighted by Crippen LogP contribution is 2.20. The second-order valence-electron chi connectivity index (χ2n) is 7.38. The van der Waals surface area contributed by atoms with E-state index in [1.54, 1.807) is 4.68 Å². The van der Waals surface area contributed by atoms with Crippen molar-refractivity contribution in [2.45, 2.75) is 40.2 Å². The lowest BCUT2D eigenvalue weighted by atomic mass is 9.92. The molecular formula is C18H33N5O. The molecule has 0 saturated carbocycles. The largest absolute Gasteiger partial charge is 0.337 e. The zero-order valence-corrected chi connectivity index (χ0v) is 15.7. The van der Waals surface area contributed by atoms with Crippen LogP contribution in [0.25, 0.3) is 0 Å². The highest BCUT2D eigenvalue weighted by Gasteiger charge is 2.21. The van der Waals surface area contributed by atoms with Gasteiger partial charge in [0.05, 0.1) is 12.7 Å². The fraction of sp³-hybridized carbons (Fsp3) is 0.778. The summed E-state index contributed by atoms with van der Waals surface area (Å²) in [4.78, 5) is 16.8. The smallest absolute Gasteiger partial charge is 0.317 e. The summed E-state index contributed by atoms with van der Waals surface area (Å²) in [5.74, 6) is 1.51. The van der Waals surface area contributed by atoms with Gasteiger partial charge in [-0.3, -0.25) is 4.68 Å². The lowest BCUT2D eigenvalue weighted by Gasteiger charge is -2.35. The predicted molar refractivity (Wildman–Crippen MR) is 96.7 cm³/mol. The zero-order valence-electron chi connectivity index (χ0n) is 15.7. The van der Waals surface area contributed by atoms with Crippen molar-refractivity contribution in [2.75, 3.05) is 32.7 Å². The number of nitrogens with one attached hydrogen (secondary N) is 1. The standard InChI is InChI=1S/C18H33N5O/c1-5-7-23(14-17-10-20-21(4)13-17)18(24)19-6-8-22-11-15(2)9-16(3)12-22/h10,13,15-16H,5-9,11-12,14H2,1-4H3,(H,19,24)/t15-,16-/m0/s1. The molecule has 1 saturated heterocycles. The van der Waals surface area contributed by atoms with Gasteiger partial charge in [0.15, 0.2) is 0 Å². The number of nitrogens with zero attached hydrogens (tertiary/aromatic N) is 4. The molecule has 0 radical (unpaired) electrons. The first-order chi connectivity index (χ1) is 11.5. The van der Waals surface area contributed by atoms with Crippen LogP contribution in [0.4, 0.5) is 4.79 Å². The summed E-state index contributed by atoms with van der Waals surface area (Å²) in [6.45, 7) is 12.1. The minimum absolute atomic E-state index is 0.0267. The van der Waals surface area contributed by atoms with Gasteiger partial charge >= 0.3 is 6.03 Å². The molecule has 0 bridgehead atoms. The molecule has 1 aliphatic heterocycles. The molecule has 2 rings (SSSR count). The van der Waals surface area contributed by atoms with Gasteiger partial charge in [0.1, 0.15) is 0 Å². The quantitative estimate of drug-likeness (QED) is 0.832. The van der Waals surface area contributed by atoms with Crippen LogP contribution in [-0.4, -0.2) is 58.3 Å². The third-order valence-electron chi connectivity index (χ3n) is 4.56. The molecule has 24 heavy (non-hydrogen) atoms. The summed E-state index contributed by atoms with van der Waals surface area (Å²) in [5.41, 5.74) is 1.07. The van der Waals surface area contributed by atoms with Crippen molar-refractivity contribution in [1.82, 2.24) is 24.9 Å². The van der Waals surface area contributed by atoms with Crippen LogP contribution in [0.3, 0.4) is 0 Å². The zero-order chi connectivity index (χ0) is 17.5. The van der Waals surface area contributed by atoms with Gasteiger partial charge in [-0.1, -0.05) is 20.8 Å². The number of likely N-dealkylation sites (tertiary alicyclic amines) is 1. The van der Waals surface area contributed by atoms with Crippen LogP contribution in [0, 0.1) is 11.8 Å². The van der Waals surface area contributed by atoms with Crippen LogP contribution in [0.5, 0.6) is 0 Å². The minimum atomic E-state index is 0.0267. The Labute approximate surface area is 146 Å². The molecule has 0 aliphatic carbocycles. The normalized spacial score (nSPS) is 21.7. The molecule has 1 aromatic heterocycles. The third-order valence-corrected chi connectivity index (χ3v) is 4.56. The Morgan fingerprint density at radius 3 is 2.67 bits per heavy atom. The number of carbonyl (C=O) groups excluding carboxylic acids is 1. The fourth-order valence-corrected chi connectivity index (χ4v) is 3.70. The van der Waals surface area contributed by atoms with E-state index in [1.165, 1.54) is 6.42 Å². The van der Waals surface area contributed by atoms with E-state index in [0.717, 1.165) is 50.0 Å². The van der Waals surface area contributed by atoms with Gasteiger partial charge in [-0.15, -0.1) is 0 Å². The number of aromatic nitrogens is 2. The number of amides is 2. The topological polar surface area (TPSA) is 53.4 Å². The molecule has 136 valence electrons. The van der Waals surface area contributed by atoms with Crippen molar-refractivity contribution in [3.8, 4) is 0 Å². The minimum Gasteiger partial charge on any atom is -0.337 e.